The van der Waals surface area contributed by atoms with Gasteiger partial charge in [0, 0.05) is 31.4 Å². The maximum absolute atomic E-state index is 13.2. The van der Waals surface area contributed by atoms with Crippen LogP contribution in [0.1, 0.15) is 27.2 Å². The molecule has 7 nitrogen and oxygen atoms in total. The monoisotopic (exact) mass is 457 g/mol. The van der Waals surface area contributed by atoms with Crippen molar-refractivity contribution in [3.8, 4) is 11.1 Å². The number of halogens is 1. The number of hydroxylamine groups is 1. The molecule has 2 aromatic carbocycles. The lowest BCUT2D eigenvalue weighted by molar-refractivity contribution is -0.152. The van der Waals surface area contributed by atoms with Crippen molar-refractivity contribution in [1.82, 2.24) is 10.4 Å². The van der Waals surface area contributed by atoms with Crippen LogP contribution in [0.2, 0.25) is 0 Å². The molecule has 2 aromatic rings. The topological polar surface area (TPSA) is 93.1 Å². The molecule has 0 saturated carbocycles. The Bertz CT molecular complexity index is 949. The normalized spacial score (nSPS) is 18.2. The molecule has 2 unspecified atom stereocenters. The largest absolute Gasteiger partial charge is 0.382 e. The van der Waals surface area contributed by atoms with Gasteiger partial charge in [-0.3, -0.25) is 14.8 Å². The van der Waals surface area contributed by atoms with Gasteiger partial charge < -0.3 is 14.9 Å². The number of carbonyl (C=O) groups is 2. The number of carbonyl (C=O) groups excluding carboxylic acids is 2. The summed E-state index contributed by atoms with van der Waals surface area (Å²) in [6.45, 7) is 7.46. The van der Waals surface area contributed by atoms with Crippen LogP contribution in [0.15, 0.2) is 48.5 Å². The summed E-state index contributed by atoms with van der Waals surface area (Å²) >= 11 is 0. The summed E-state index contributed by atoms with van der Waals surface area (Å²) in [5, 5.41) is 19.2. The zero-order valence-corrected chi connectivity index (χ0v) is 19.2. The zero-order chi connectivity index (χ0) is 24.1. The van der Waals surface area contributed by atoms with Crippen LogP contribution in [-0.4, -0.2) is 58.8 Å². The van der Waals surface area contributed by atoms with Crippen molar-refractivity contribution in [3.05, 3.63) is 54.3 Å². The number of nitrogens with one attached hydrogen (secondary N) is 1. The van der Waals surface area contributed by atoms with Gasteiger partial charge in [-0.1, -0.05) is 38.1 Å². The van der Waals surface area contributed by atoms with E-state index < -0.39 is 17.9 Å². The second-order valence-electron chi connectivity index (χ2n) is 9.04. The van der Waals surface area contributed by atoms with E-state index in [9.17, 15) is 19.1 Å². The summed E-state index contributed by atoms with van der Waals surface area (Å²) < 4.78 is 13.2. The number of rotatable bonds is 7. The highest BCUT2D eigenvalue weighted by atomic mass is 19.1. The van der Waals surface area contributed by atoms with Crippen molar-refractivity contribution in [3.63, 3.8) is 0 Å². The van der Waals surface area contributed by atoms with E-state index in [1.165, 1.54) is 17.6 Å². The van der Waals surface area contributed by atoms with E-state index >= 15 is 0 Å². The molecule has 0 spiro atoms. The number of anilines is 1. The Morgan fingerprint density at radius 3 is 2.15 bits per heavy atom. The van der Waals surface area contributed by atoms with Crippen molar-refractivity contribution in [2.75, 3.05) is 24.5 Å². The molecule has 3 rings (SSSR count). The van der Waals surface area contributed by atoms with Crippen molar-refractivity contribution in [2.24, 2.45) is 11.8 Å². The Balaban J connectivity index is 1.68. The van der Waals surface area contributed by atoms with E-state index in [0.29, 0.717) is 26.1 Å². The molecule has 1 fully saturated rings. The van der Waals surface area contributed by atoms with Crippen LogP contribution in [0.4, 0.5) is 10.1 Å². The smallest absolute Gasteiger partial charge is 0.272 e. The quantitative estimate of drug-likeness (QED) is 0.439. The van der Waals surface area contributed by atoms with Crippen molar-refractivity contribution < 1.29 is 24.3 Å². The molecular formula is C25H32FN3O4. The second-order valence-corrected chi connectivity index (χ2v) is 9.04. The van der Waals surface area contributed by atoms with E-state index in [1.54, 1.807) is 17.0 Å². The molecular weight excluding hydrogens is 425 g/mol. The number of amides is 2. The van der Waals surface area contributed by atoms with Gasteiger partial charge in [0.2, 0.25) is 5.91 Å². The third-order valence-electron chi connectivity index (χ3n) is 6.12. The summed E-state index contributed by atoms with van der Waals surface area (Å²) in [4.78, 5) is 28.9. The molecule has 3 N–H and O–H groups in total. The Hall–Kier alpha value is -2.97. The zero-order valence-electron chi connectivity index (χ0n) is 19.2. The molecule has 0 aliphatic carbocycles. The van der Waals surface area contributed by atoms with Crippen LogP contribution in [0.3, 0.4) is 0 Å². The molecule has 0 bridgehead atoms. The minimum absolute atomic E-state index is 0.0938. The summed E-state index contributed by atoms with van der Waals surface area (Å²) in [5.74, 6) is -2.34. The van der Waals surface area contributed by atoms with E-state index in [2.05, 4.69) is 4.90 Å². The van der Waals surface area contributed by atoms with Gasteiger partial charge in [-0.15, -0.1) is 0 Å². The maximum Gasteiger partial charge on any atom is 0.272 e. The van der Waals surface area contributed by atoms with E-state index in [-0.39, 0.29) is 23.7 Å². The van der Waals surface area contributed by atoms with Crippen LogP contribution in [-0.2, 0) is 9.59 Å². The fraction of sp³-hybridized carbons (Fsp3) is 0.440. The Labute approximate surface area is 193 Å². The Morgan fingerprint density at radius 1 is 1.06 bits per heavy atom. The van der Waals surface area contributed by atoms with Crippen LogP contribution in [0.25, 0.3) is 11.1 Å². The van der Waals surface area contributed by atoms with Crippen molar-refractivity contribution >= 4 is 17.5 Å². The fourth-order valence-electron chi connectivity index (χ4n) is 4.36. The molecule has 33 heavy (non-hydrogen) atoms. The third-order valence-corrected chi connectivity index (χ3v) is 6.12. The average Bonchev–Trinajstić information content (AvgIpc) is 2.81. The molecule has 1 heterocycles. The minimum Gasteiger partial charge on any atom is -0.382 e. The molecule has 2 amide bonds. The van der Waals surface area contributed by atoms with Gasteiger partial charge in [0.25, 0.3) is 5.91 Å². The van der Waals surface area contributed by atoms with Gasteiger partial charge in [0.1, 0.15) is 11.9 Å². The first-order chi connectivity index (χ1) is 15.7. The minimum atomic E-state index is -1.60. The molecule has 1 aliphatic heterocycles. The van der Waals surface area contributed by atoms with Gasteiger partial charge in [0.05, 0.1) is 5.92 Å². The van der Waals surface area contributed by atoms with Gasteiger partial charge in [-0.05, 0) is 54.7 Å². The number of piperazine rings is 1. The molecule has 178 valence electrons. The average molecular weight is 458 g/mol. The number of nitrogens with zero attached hydrogens (tertiary/aromatic N) is 2. The Morgan fingerprint density at radius 2 is 1.64 bits per heavy atom. The highest BCUT2D eigenvalue weighted by Gasteiger charge is 2.38. The first kappa shape index (κ1) is 24.7. The van der Waals surface area contributed by atoms with Crippen LogP contribution in [0.5, 0.6) is 0 Å². The molecule has 1 aliphatic rings. The first-order valence-electron chi connectivity index (χ1n) is 11.2. The maximum atomic E-state index is 13.2. The second kappa shape index (κ2) is 10.8. The molecule has 1 saturated heterocycles. The molecule has 0 radical (unpaired) electrons. The SMILES string of the molecule is CC(C)CC(C(=O)N1CCN(c2ccc(-c3ccc(F)cc3)cc2)C[C@H]1C)C(O)C(=O)NO. The summed E-state index contributed by atoms with van der Waals surface area (Å²) in [7, 11) is 0. The van der Waals surface area contributed by atoms with Crippen molar-refractivity contribution in [1.29, 1.82) is 0 Å². The highest BCUT2D eigenvalue weighted by Crippen LogP contribution is 2.27. The van der Waals surface area contributed by atoms with Crippen LogP contribution >= 0.6 is 0 Å². The van der Waals surface area contributed by atoms with Crippen molar-refractivity contribution in [2.45, 2.75) is 39.3 Å². The van der Waals surface area contributed by atoms with E-state index in [1.807, 2.05) is 45.0 Å². The molecule has 3 atom stereocenters. The lowest BCUT2D eigenvalue weighted by atomic mass is 9.89. The molecule has 8 heteroatoms. The lowest BCUT2D eigenvalue weighted by Gasteiger charge is -2.42. The summed E-state index contributed by atoms with van der Waals surface area (Å²) in [6, 6.07) is 14.3. The van der Waals surface area contributed by atoms with Crippen LogP contribution < -0.4 is 10.4 Å². The fourth-order valence-corrected chi connectivity index (χ4v) is 4.36. The first-order valence-corrected chi connectivity index (χ1v) is 11.2. The predicted molar refractivity (Wildman–Crippen MR) is 124 cm³/mol. The van der Waals surface area contributed by atoms with Gasteiger partial charge in [-0.25, -0.2) is 9.87 Å². The number of hydrogen-bond donors (Lipinski definition) is 3. The number of hydrogen-bond acceptors (Lipinski definition) is 5. The number of aliphatic hydroxyl groups excluding tert-OH is 1. The van der Waals surface area contributed by atoms with Gasteiger partial charge in [-0.2, -0.15) is 0 Å². The van der Waals surface area contributed by atoms with Crippen LogP contribution in [0, 0.1) is 17.7 Å². The molecule has 0 aromatic heterocycles. The van der Waals surface area contributed by atoms with E-state index in [4.69, 9.17) is 5.21 Å². The number of aliphatic hydroxyl groups is 1. The third kappa shape index (κ3) is 5.89. The number of benzene rings is 2. The van der Waals surface area contributed by atoms with Gasteiger partial charge >= 0.3 is 0 Å². The standard InChI is InChI=1S/C25H32FN3O4/c1-16(2)14-22(23(30)24(31)27-33)25(32)29-13-12-28(15-17(29)3)21-10-6-19(7-11-21)18-4-8-20(26)9-5-18/h4-11,16-17,22-23,30,33H,12-15H2,1-3H3,(H,27,31)/t17-,22?,23?/m1/s1. The van der Waals surface area contributed by atoms with E-state index in [0.717, 1.165) is 16.8 Å². The summed E-state index contributed by atoms with van der Waals surface area (Å²) in [5.41, 5.74) is 4.41. The van der Waals surface area contributed by atoms with Gasteiger partial charge in [0.15, 0.2) is 0 Å². The predicted octanol–water partition coefficient (Wildman–Crippen LogP) is 3.06. The summed E-state index contributed by atoms with van der Waals surface area (Å²) in [6.07, 6.45) is -1.26. The lowest BCUT2D eigenvalue weighted by Crippen LogP contribution is -2.57. The highest BCUT2D eigenvalue weighted by molar-refractivity contribution is 5.89. The Kier molecular flexibility index (Phi) is 8.05.